The summed E-state index contributed by atoms with van der Waals surface area (Å²) in [6, 6.07) is 11.5. The number of ether oxygens (including phenoxy) is 1. The number of amides is 1. The first kappa shape index (κ1) is 20.3. The van der Waals surface area contributed by atoms with Gasteiger partial charge in [-0.15, -0.1) is 0 Å². The van der Waals surface area contributed by atoms with Crippen molar-refractivity contribution in [2.45, 2.75) is 26.3 Å². The molecule has 6 rings (SSSR count). The maximum absolute atomic E-state index is 13.3. The number of benzene rings is 2. The van der Waals surface area contributed by atoms with Crippen LogP contribution in [-0.4, -0.2) is 33.4 Å². The molecule has 8 nitrogen and oxygen atoms in total. The molecule has 2 aliphatic heterocycles. The molecule has 8 heteroatoms. The highest BCUT2D eigenvalue weighted by Crippen LogP contribution is 2.42. The average molecular weight is 455 g/mol. The van der Waals surface area contributed by atoms with E-state index in [1.165, 1.54) is 11.2 Å². The van der Waals surface area contributed by atoms with Crippen molar-refractivity contribution in [3.63, 3.8) is 0 Å². The van der Waals surface area contributed by atoms with E-state index in [4.69, 9.17) is 9.15 Å². The lowest BCUT2D eigenvalue weighted by molar-refractivity contribution is -0.132. The van der Waals surface area contributed by atoms with E-state index < -0.39 is 17.7 Å². The van der Waals surface area contributed by atoms with Gasteiger partial charge in [-0.3, -0.25) is 14.5 Å². The fourth-order valence-electron chi connectivity index (χ4n) is 4.63. The van der Waals surface area contributed by atoms with E-state index in [1.807, 2.05) is 26.0 Å². The molecular weight excluding hydrogens is 434 g/mol. The number of aliphatic hydroxyl groups excluding tert-OH is 1. The molecule has 1 amide bonds. The number of aromatic nitrogens is 2. The first-order chi connectivity index (χ1) is 16.4. The number of aryl methyl sites for hydroxylation is 2. The summed E-state index contributed by atoms with van der Waals surface area (Å²) in [6.45, 7) is 4.55. The second kappa shape index (κ2) is 7.34. The van der Waals surface area contributed by atoms with Gasteiger partial charge < -0.3 is 19.2 Å². The smallest absolute Gasteiger partial charge is 0.302 e. The molecule has 2 aromatic carbocycles. The van der Waals surface area contributed by atoms with Crippen LogP contribution in [0.4, 0.5) is 5.95 Å². The molecule has 1 unspecified atom stereocenters. The van der Waals surface area contributed by atoms with Crippen molar-refractivity contribution < 1.29 is 23.8 Å². The van der Waals surface area contributed by atoms with E-state index in [-0.39, 0.29) is 17.3 Å². The molecule has 4 aromatic rings. The Kier molecular flexibility index (Phi) is 4.38. The lowest BCUT2D eigenvalue weighted by atomic mass is 9.98. The lowest BCUT2D eigenvalue weighted by Crippen LogP contribution is -2.30. The SMILES string of the molecule is Cc1cc2nc(N3C(=O)C(=O)/C(=C(/O)c4ccc5c(c4)CCO5)C3c3ccco3)[nH]c2cc1C. The number of aromatic amines is 1. The molecule has 0 aliphatic carbocycles. The van der Waals surface area contributed by atoms with Crippen LogP contribution >= 0.6 is 0 Å². The predicted octanol–water partition coefficient (Wildman–Crippen LogP) is 4.33. The van der Waals surface area contributed by atoms with Gasteiger partial charge in [0, 0.05) is 12.0 Å². The molecular formula is C26H21N3O5. The van der Waals surface area contributed by atoms with Gasteiger partial charge in [-0.2, -0.15) is 0 Å². The summed E-state index contributed by atoms with van der Waals surface area (Å²) in [5.74, 6) is -0.543. The van der Waals surface area contributed by atoms with E-state index >= 15 is 0 Å². The molecule has 2 N–H and O–H groups in total. The number of nitrogens with zero attached hydrogens (tertiary/aromatic N) is 2. The van der Waals surface area contributed by atoms with E-state index in [0.29, 0.717) is 29.9 Å². The minimum atomic E-state index is -0.970. The summed E-state index contributed by atoms with van der Waals surface area (Å²) in [4.78, 5) is 35.5. The lowest BCUT2D eigenvalue weighted by Gasteiger charge is -2.20. The number of furan rings is 1. The van der Waals surface area contributed by atoms with Crippen LogP contribution in [-0.2, 0) is 16.0 Å². The molecule has 1 saturated heterocycles. The molecule has 0 bridgehead atoms. The van der Waals surface area contributed by atoms with Crippen LogP contribution in [0.25, 0.3) is 16.8 Å². The second-order valence-corrected chi connectivity index (χ2v) is 8.62. The fourth-order valence-corrected chi connectivity index (χ4v) is 4.63. The molecule has 0 saturated carbocycles. The summed E-state index contributed by atoms with van der Waals surface area (Å²) in [6.07, 6.45) is 2.18. The Labute approximate surface area is 194 Å². The average Bonchev–Trinajstić information content (AvgIpc) is 3.60. The van der Waals surface area contributed by atoms with E-state index in [0.717, 1.165) is 28.0 Å². The largest absolute Gasteiger partial charge is 0.507 e. The molecule has 170 valence electrons. The highest BCUT2D eigenvalue weighted by molar-refractivity contribution is 6.51. The van der Waals surface area contributed by atoms with Crippen LogP contribution in [0.5, 0.6) is 5.75 Å². The van der Waals surface area contributed by atoms with Gasteiger partial charge >= 0.3 is 5.91 Å². The Balaban J connectivity index is 1.53. The summed E-state index contributed by atoms with van der Waals surface area (Å²) in [7, 11) is 0. The number of Topliss-reactive ketones (excluding diaryl/α,β-unsaturated/α-hetero) is 1. The number of aliphatic hydroxyl groups is 1. The van der Waals surface area contributed by atoms with Crippen molar-refractivity contribution in [1.29, 1.82) is 0 Å². The van der Waals surface area contributed by atoms with Crippen LogP contribution in [0.3, 0.4) is 0 Å². The topological polar surface area (TPSA) is 109 Å². The maximum atomic E-state index is 13.3. The number of imidazole rings is 1. The van der Waals surface area contributed by atoms with Crippen molar-refractivity contribution in [3.05, 3.63) is 82.3 Å². The molecule has 2 aromatic heterocycles. The number of hydrogen-bond donors (Lipinski definition) is 2. The van der Waals surface area contributed by atoms with E-state index in [9.17, 15) is 14.7 Å². The number of hydrogen-bond acceptors (Lipinski definition) is 6. The fraction of sp³-hybridized carbons (Fsp3) is 0.192. The Morgan fingerprint density at radius 1 is 1.15 bits per heavy atom. The van der Waals surface area contributed by atoms with Crippen molar-refractivity contribution >= 4 is 34.4 Å². The Hall–Kier alpha value is -4.33. The number of carbonyl (C=O) groups excluding carboxylic acids is 2. The molecule has 1 fully saturated rings. The number of carbonyl (C=O) groups is 2. The number of anilines is 1. The standard InChI is InChI=1S/C26H21N3O5/c1-13-10-17-18(11-14(13)2)28-26(27-17)29-22(20-4-3-8-33-20)21(24(31)25(29)32)23(30)16-5-6-19-15(12-16)7-9-34-19/h3-6,8,10-12,22,30H,7,9H2,1-2H3,(H,27,28)/b23-21+. The van der Waals surface area contributed by atoms with Crippen molar-refractivity contribution in [3.8, 4) is 5.75 Å². The van der Waals surface area contributed by atoms with Gasteiger partial charge in [0.05, 0.1) is 29.5 Å². The zero-order chi connectivity index (χ0) is 23.6. The molecule has 0 radical (unpaired) electrons. The van der Waals surface area contributed by atoms with Crippen LogP contribution in [0.2, 0.25) is 0 Å². The molecule has 0 spiro atoms. The zero-order valence-electron chi connectivity index (χ0n) is 18.6. The predicted molar refractivity (Wildman–Crippen MR) is 125 cm³/mol. The molecule has 1 atom stereocenters. The zero-order valence-corrected chi connectivity index (χ0v) is 18.6. The number of rotatable bonds is 3. The number of H-pyrrole nitrogens is 1. The van der Waals surface area contributed by atoms with Gasteiger partial charge in [0.1, 0.15) is 23.3 Å². The quantitative estimate of drug-likeness (QED) is 0.270. The third-order valence-electron chi connectivity index (χ3n) is 6.53. The number of fused-ring (bicyclic) bond motifs is 2. The third kappa shape index (κ3) is 2.95. The minimum absolute atomic E-state index is 0.0494. The first-order valence-corrected chi connectivity index (χ1v) is 11.0. The highest BCUT2D eigenvalue weighted by Gasteiger charge is 2.49. The summed E-state index contributed by atoms with van der Waals surface area (Å²) < 4.78 is 11.2. The van der Waals surface area contributed by atoms with Crippen molar-refractivity contribution in [2.24, 2.45) is 0 Å². The van der Waals surface area contributed by atoms with Crippen molar-refractivity contribution in [2.75, 3.05) is 11.5 Å². The van der Waals surface area contributed by atoms with Gasteiger partial charge in [-0.05, 0) is 73.0 Å². The normalized spacial score (nSPS) is 19.1. The molecule has 4 heterocycles. The van der Waals surface area contributed by atoms with Gasteiger partial charge in [0.25, 0.3) is 5.78 Å². The molecule has 34 heavy (non-hydrogen) atoms. The second-order valence-electron chi connectivity index (χ2n) is 8.62. The summed E-state index contributed by atoms with van der Waals surface area (Å²) in [5, 5.41) is 11.3. The van der Waals surface area contributed by atoms with Gasteiger partial charge in [-0.1, -0.05) is 0 Å². The van der Waals surface area contributed by atoms with E-state index in [2.05, 4.69) is 9.97 Å². The van der Waals surface area contributed by atoms with Crippen molar-refractivity contribution in [1.82, 2.24) is 9.97 Å². The minimum Gasteiger partial charge on any atom is -0.507 e. The summed E-state index contributed by atoms with van der Waals surface area (Å²) >= 11 is 0. The third-order valence-corrected chi connectivity index (χ3v) is 6.53. The Morgan fingerprint density at radius 2 is 1.97 bits per heavy atom. The number of nitrogens with one attached hydrogen (secondary N) is 1. The van der Waals surface area contributed by atoms with Crippen LogP contribution in [0.15, 0.2) is 58.7 Å². The highest BCUT2D eigenvalue weighted by atomic mass is 16.5. The van der Waals surface area contributed by atoms with Gasteiger partial charge in [0.15, 0.2) is 0 Å². The van der Waals surface area contributed by atoms with E-state index in [1.54, 1.807) is 30.3 Å². The molecule has 2 aliphatic rings. The Morgan fingerprint density at radius 3 is 2.76 bits per heavy atom. The first-order valence-electron chi connectivity index (χ1n) is 11.0. The van der Waals surface area contributed by atoms with Gasteiger partial charge in [-0.25, -0.2) is 4.98 Å². The summed E-state index contributed by atoms with van der Waals surface area (Å²) in [5.41, 5.74) is 4.90. The van der Waals surface area contributed by atoms with Crippen LogP contribution in [0.1, 0.15) is 34.1 Å². The van der Waals surface area contributed by atoms with Crippen LogP contribution in [0, 0.1) is 13.8 Å². The van der Waals surface area contributed by atoms with Gasteiger partial charge in [0.2, 0.25) is 5.95 Å². The number of ketones is 1. The Bertz CT molecular complexity index is 1470. The monoisotopic (exact) mass is 455 g/mol. The van der Waals surface area contributed by atoms with Crippen LogP contribution < -0.4 is 9.64 Å². The maximum Gasteiger partial charge on any atom is 0.302 e.